The van der Waals surface area contributed by atoms with Gasteiger partial charge in [-0.1, -0.05) is 12.2 Å². The van der Waals surface area contributed by atoms with E-state index in [2.05, 4.69) is 0 Å². The lowest BCUT2D eigenvalue weighted by Crippen LogP contribution is -2.30. The van der Waals surface area contributed by atoms with Crippen molar-refractivity contribution in [2.75, 3.05) is 4.90 Å². The van der Waals surface area contributed by atoms with E-state index in [1.54, 1.807) is 38.1 Å². The van der Waals surface area contributed by atoms with Gasteiger partial charge in [-0.05, 0) is 51.0 Å². The quantitative estimate of drug-likeness (QED) is 0.489. The summed E-state index contributed by atoms with van der Waals surface area (Å²) in [4.78, 5) is 38.1. The molecule has 5 nitrogen and oxygen atoms in total. The Morgan fingerprint density at radius 3 is 2.04 bits per heavy atom. The zero-order chi connectivity index (χ0) is 16.6. The maximum absolute atomic E-state index is 12.5. The highest BCUT2D eigenvalue weighted by molar-refractivity contribution is 6.22. The predicted molar refractivity (Wildman–Crippen MR) is 84.8 cm³/mol. The standard InChI is InChI=1S/C18H19NO4/c1-11(2)23-18(22)12-7-9-13(10-8-12)19-16(20)14-5-3-4-6-15(14)17(19)21/h3-4,7-11,14-15H,5-6H2,1-2H3/t14-,15-/m0/s1. The van der Waals surface area contributed by atoms with Crippen LogP contribution in [0.15, 0.2) is 36.4 Å². The first-order valence-electron chi connectivity index (χ1n) is 7.83. The molecule has 0 spiro atoms. The number of hydrogen-bond donors (Lipinski definition) is 0. The summed E-state index contributed by atoms with van der Waals surface area (Å²) in [5.41, 5.74) is 0.913. The average Bonchev–Trinajstić information content (AvgIpc) is 2.79. The second-order valence-electron chi connectivity index (χ2n) is 6.17. The number of amides is 2. The molecule has 120 valence electrons. The molecule has 0 aromatic heterocycles. The summed E-state index contributed by atoms with van der Waals surface area (Å²) in [6.45, 7) is 3.56. The summed E-state index contributed by atoms with van der Waals surface area (Å²) in [7, 11) is 0. The van der Waals surface area contributed by atoms with Gasteiger partial charge in [0, 0.05) is 0 Å². The highest BCUT2D eigenvalue weighted by Crippen LogP contribution is 2.37. The summed E-state index contributed by atoms with van der Waals surface area (Å²) >= 11 is 0. The first-order valence-corrected chi connectivity index (χ1v) is 7.83. The van der Waals surface area contributed by atoms with E-state index in [0.29, 0.717) is 24.1 Å². The Labute approximate surface area is 134 Å². The Bertz CT molecular complexity index is 649. The van der Waals surface area contributed by atoms with Crippen LogP contribution in [0, 0.1) is 11.8 Å². The SMILES string of the molecule is CC(C)OC(=O)c1ccc(N2C(=O)[C@H]3CC=CC[C@@H]3C2=O)cc1. The highest BCUT2D eigenvalue weighted by Gasteiger charge is 2.47. The fraction of sp³-hybridized carbons (Fsp3) is 0.389. The van der Waals surface area contributed by atoms with E-state index in [1.807, 2.05) is 12.2 Å². The molecule has 0 bridgehead atoms. The fourth-order valence-corrected chi connectivity index (χ4v) is 3.08. The van der Waals surface area contributed by atoms with Gasteiger partial charge in [-0.3, -0.25) is 14.5 Å². The Morgan fingerprint density at radius 2 is 1.57 bits per heavy atom. The molecule has 2 aliphatic rings. The average molecular weight is 313 g/mol. The van der Waals surface area contributed by atoms with Crippen molar-refractivity contribution in [3.8, 4) is 0 Å². The van der Waals surface area contributed by atoms with Gasteiger partial charge < -0.3 is 4.74 Å². The monoisotopic (exact) mass is 313 g/mol. The van der Waals surface area contributed by atoms with Crippen molar-refractivity contribution in [1.29, 1.82) is 0 Å². The minimum absolute atomic E-state index is 0.151. The largest absolute Gasteiger partial charge is 0.459 e. The maximum atomic E-state index is 12.5. The summed E-state index contributed by atoms with van der Waals surface area (Å²) in [5, 5.41) is 0. The summed E-state index contributed by atoms with van der Waals surface area (Å²) in [6, 6.07) is 6.41. The summed E-state index contributed by atoms with van der Waals surface area (Å²) < 4.78 is 5.13. The van der Waals surface area contributed by atoms with Gasteiger partial charge in [-0.2, -0.15) is 0 Å². The molecule has 2 amide bonds. The van der Waals surface area contributed by atoms with Crippen LogP contribution in [0.1, 0.15) is 37.0 Å². The van der Waals surface area contributed by atoms with Gasteiger partial charge in [-0.15, -0.1) is 0 Å². The first kappa shape index (κ1) is 15.5. The minimum atomic E-state index is -0.413. The van der Waals surface area contributed by atoms with Crippen LogP contribution in [0.25, 0.3) is 0 Å². The smallest absolute Gasteiger partial charge is 0.338 e. The number of rotatable bonds is 3. The zero-order valence-electron chi connectivity index (χ0n) is 13.2. The van der Waals surface area contributed by atoms with Crippen molar-refractivity contribution in [2.24, 2.45) is 11.8 Å². The molecule has 0 radical (unpaired) electrons. The van der Waals surface area contributed by atoms with Crippen LogP contribution in [0.5, 0.6) is 0 Å². The lowest BCUT2D eigenvalue weighted by molar-refractivity contribution is -0.122. The predicted octanol–water partition coefficient (Wildman–Crippen LogP) is 2.71. The molecule has 1 aliphatic carbocycles. The highest BCUT2D eigenvalue weighted by atomic mass is 16.5. The number of hydrogen-bond acceptors (Lipinski definition) is 4. The number of carbonyl (C=O) groups excluding carboxylic acids is 3. The lowest BCUT2D eigenvalue weighted by atomic mass is 9.85. The van der Waals surface area contributed by atoms with Crippen molar-refractivity contribution in [1.82, 2.24) is 0 Å². The van der Waals surface area contributed by atoms with Crippen LogP contribution in [0.2, 0.25) is 0 Å². The number of allylic oxidation sites excluding steroid dienone is 2. The molecule has 1 aromatic carbocycles. The molecule has 1 saturated heterocycles. The van der Waals surface area contributed by atoms with Crippen molar-refractivity contribution in [2.45, 2.75) is 32.8 Å². The summed E-state index contributed by atoms with van der Waals surface area (Å²) in [6.07, 6.45) is 4.95. The van der Waals surface area contributed by atoms with E-state index in [-0.39, 0.29) is 29.8 Å². The lowest BCUT2D eigenvalue weighted by Gasteiger charge is -2.15. The van der Waals surface area contributed by atoms with Crippen molar-refractivity contribution in [3.05, 3.63) is 42.0 Å². The molecule has 0 unspecified atom stereocenters. The molecule has 5 heteroatoms. The number of carbonyl (C=O) groups is 3. The fourth-order valence-electron chi connectivity index (χ4n) is 3.08. The third-order valence-electron chi connectivity index (χ3n) is 4.21. The number of anilines is 1. The van der Waals surface area contributed by atoms with E-state index in [4.69, 9.17) is 4.74 Å². The molecule has 23 heavy (non-hydrogen) atoms. The topological polar surface area (TPSA) is 63.7 Å². The molecule has 0 saturated carbocycles. The molecule has 1 heterocycles. The van der Waals surface area contributed by atoms with Crippen LogP contribution >= 0.6 is 0 Å². The Kier molecular flexibility index (Phi) is 4.03. The Balaban J connectivity index is 1.81. The van der Waals surface area contributed by atoms with Gasteiger partial charge >= 0.3 is 5.97 Å². The summed E-state index contributed by atoms with van der Waals surface area (Å²) in [5.74, 6) is -1.22. The third-order valence-corrected chi connectivity index (χ3v) is 4.21. The normalized spacial score (nSPS) is 23.3. The van der Waals surface area contributed by atoms with Crippen LogP contribution in [-0.2, 0) is 14.3 Å². The zero-order valence-corrected chi connectivity index (χ0v) is 13.2. The Hall–Kier alpha value is -2.43. The second-order valence-corrected chi connectivity index (χ2v) is 6.17. The molecule has 2 atom stereocenters. The number of fused-ring (bicyclic) bond motifs is 1. The van der Waals surface area contributed by atoms with E-state index >= 15 is 0 Å². The van der Waals surface area contributed by atoms with E-state index in [0.717, 1.165) is 0 Å². The molecule has 1 aromatic rings. The van der Waals surface area contributed by atoms with Crippen molar-refractivity contribution in [3.63, 3.8) is 0 Å². The van der Waals surface area contributed by atoms with Gasteiger partial charge in [-0.25, -0.2) is 4.79 Å². The molecule has 1 fully saturated rings. The number of esters is 1. The first-order chi connectivity index (χ1) is 11.0. The van der Waals surface area contributed by atoms with Crippen molar-refractivity contribution < 1.29 is 19.1 Å². The van der Waals surface area contributed by atoms with Gasteiger partial charge in [0.2, 0.25) is 11.8 Å². The van der Waals surface area contributed by atoms with Gasteiger partial charge in [0.1, 0.15) is 0 Å². The Morgan fingerprint density at radius 1 is 1.04 bits per heavy atom. The molecule has 3 rings (SSSR count). The molecular formula is C18H19NO4. The van der Waals surface area contributed by atoms with Gasteiger partial charge in [0.25, 0.3) is 0 Å². The minimum Gasteiger partial charge on any atom is -0.459 e. The second kappa shape index (κ2) is 5.99. The molecule has 1 aliphatic heterocycles. The van der Waals surface area contributed by atoms with E-state index < -0.39 is 5.97 Å². The van der Waals surface area contributed by atoms with Gasteiger partial charge in [0.05, 0.1) is 29.2 Å². The van der Waals surface area contributed by atoms with E-state index in [1.165, 1.54) is 4.90 Å². The third kappa shape index (κ3) is 2.79. The van der Waals surface area contributed by atoms with Crippen LogP contribution in [-0.4, -0.2) is 23.9 Å². The van der Waals surface area contributed by atoms with Crippen LogP contribution < -0.4 is 4.90 Å². The molecular weight excluding hydrogens is 294 g/mol. The number of imide groups is 1. The number of benzene rings is 1. The molecule has 0 N–H and O–H groups in total. The number of ether oxygens (including phenoxy) is 1. The van der Waals surface area contributed by atoms with Crippen molar-refractivity contribution >= 4 is 23.5 Å². The maximum Gasteiger partial charge on any atom is 0.338 e. The number of nitrogens with zero attached hydrogens (tertiary/aromatic N) is 1. The van der Waals surface area contributed by atoms with Crippen LogP contribution in [0.3, 0.4) is 0 Å². The van der Waals surface area contributed by atoms with E-state index in [9.17, 15) is 14.4 Å². The van der Waals surface area contributed by atoms with Crippen LogP contribution in [0.4, 0.5) is 5.69 Å². The van der Waals surface area contributed by atoms with Gasteiger partial charge in [0.15, 0.2) is 0 Å².